The second-order valence-corrected chi connectivity index (χ2v) is 13.1. The highest BCUT2D eigenvalue weighted by molar-refractivity contribution is 5.90. The molecule has 2 amide bonds. The Morgan fingerprint density at radius 1 is 0.896 bits per heavy atom. The van der Waals surface area contributed by atoms with Crippen molar-refractivity contribution in [1.29, 1.82) is 0 Å². The first-order chi connectivity index (χ1) is 23.3. The lowest BCUT2D eigenvalue weighted by Crippen LogP contribution is -2.51. The van der Waals surface area contributed by atoms with E-state index in [4.69, 9.17) is 4.74 Å². The lowest BCUT2D eigenvalue weighted by atomic mass is 9.98. The summed E-state index contributed by atoms with van der Waals surface area (Å²) < 4.78 is 4.72. The highest BCUT2D eigenvalue weighted by atomic mass is 16.5. The van der Waals surface area contributed by atoms with E-state index in [1.54, 1.807) is 11.1 Å². The molecule has 0 aliphatic carbocycles. The Labute approximate surface area is 279 Å². The number of nitrogens with zero attached hydrogens (tertiary/aromatic N) is 3. The SMILES string of the molecule is COC(=O)NC(C(=O)N1CC(O)CC1c1ncc(-c2ccc(-c3ccc4cc(-c5cnc(C6CCCN6)[nH]5)ccc4c3)cc2)[nH]1)C(C)C. The molecule has 3 aromatic carbocycles. The Bertz CT molecular complexity index is 1930. The number of rotatable bonds is 8. The number of carbonyl (C=O) groups is 2. The minimum atomic E-state index is -0.784. The predicted molar refractivity (Wildman–Crippen MR) is 184 cm³/mol. The van der Waals surface area contributed by atoms with Crippen LogP contribution in [0.15, 0.2) is 73.1 Å². The summed E-state index contributed by atoms with van der Waals surface area (Å²) in [7, 11) is 1.26. The van der Waals surface area contributed by atoms with Gasteiger partial charge in [-0.3, -0.25) is 4.79 Å². The van der Waals surface area contributed by atoms with Crippen molar-refractivity contribution < 1.29 is 19.4 Å². The Kier molecular flexibility index (Phi) is 8.72. The summed E-state index contributed by atoms with van der Waals surface area (Å²) in [4.78, 5) is 43.2. The van der Waals surface area contributed by atoms with Crippen LogP contribution in [0.3, 0.4) is 0 Å². The van der Waals surface area contributed by atoms with Crippen molar-refractivity contribution in [2.24, 2.45) is 5.92 Å². The van der Waals surface area contributed by atoms with Crippen LogP contribution in [-0.4, -0.2) is 74.3 Å². The van der Waals surface area contributed by atoms with Crippen LogP contribution >= 0.6 is 0 Å². The van der Waals surface area contributed by atoms with Gasteiger partial charge in [-0.15, -0.1) is 0 Å². The largest absolute Gasteiger partial charge is 0.453 e. The van der Waals surface area contributed by atoms with Gasteiger partial charge in [-0.1, -0.05) is 62.4 Å². The number of aliphatic hydroxyl groups excluding tert-OH is 1. The van der Waals surface area contributed by atoms with Crippen LogP contribution in [0.2, 0.25) is 0 Å². The highest BCUT2D eigenvalue weighted by Crippen LogP contribution is 2.34. The second-order valence-electron chi connectivity index (χ2n) is 13.1. The van der Waals surface area contributed by atoms with Gasteiger partial charge in [0.15, 0.2) is 0 Å². The number of aromatic nitrogens is 4. The van der Waals surface area contributed by atoms with Crippen LogP contribution in [0.1, 0.15) is 56.8 Å². The van der Waals surface area contributed by atoms with E-state index in [0.717, 1.165) is 57.8 Å². The van der Waals surface area contributed by atoms with E-state index in [1.165, 1.54) is 18.9 Å². The lowest BCUT2D eigenvalue weighted by molar-refractivity contribution is -0.135. The maximum atomic E-state index is 13.5. The van der Waals surface area contributed by atoms with Crippen molar-refractivity contribution in [1.82, 2.24) is 35.5 Å². The van der Waals surface area contributed by atoms with E-state index in [0.29, 0.717) is 18.3 Å². The molecule has 0 radical (unpaired) electrons. The van der Waals surface area contributed by atoms with Crippen molar-refractivity contribution in [3.63, 3.8) is 0 Å². The quantitative estimate of drug-likeness (QED) is 0.145. The molecule has 0 spiro atoms. The molecule has 2 aliphatic rings. The Morgan fingerprint density at radius 3 is 2.21 bits per heavy atom. The first-order valence-corrected chi connectivity index (χ1v) is 16.6. The molecule has 2 saturated heterocycles. The third-order valence-corrected chi connectivity index (χ3v) is 9.53. The van der Waals surface area contributed by atoms with Crippen molar-refractivity contribution >= 4 is 22.8 Å². The Hall–Kier alpha value is -5.00. The molecule has 5 N–H and O–H groups in total. The van der Waals surface area contributed by atoms with Crippen LogP contribution in [0.4, 0.5) is 4.79 Å². The number of hydrogen-bond acceptors (Lipinski definition) is 7. The molecule has 4 unspecified atom stereocenters. The molecular weight excluding hydrogens is 606 g/mol. The minimum absolute atomic E-state index is 0.162. The van der Waals surface area contributed by atoms with Crippen molar-refractivity contribution in [2.75, 3.05) is 20.2 Å². The zero-order valence-corrected chi connectivity index (χ0v) is 27.4. The molecule has 4 atom stereocenters. The summed E-state index contributed by atoms with van der Waals surface area (Å²) in [5.74, 6) is 1.15. The number of amides is 2. The molecule has 11 nitrogen and oxygen atoms in total. The van der Waals surface area contributed by atoms with Crippen LogP contribution < -0.4 is 10.6 Å². The summed E-state index contributed by atoms with van der Waals surface area (Å²) in [6, 6.07) is 20.4. The molecule has 4 heterocycles. The average molecular weight is 648 g/mol. The fourth-order valence-corrected chi connectivity index (χ4v) is 6.86. The third-order valence-electron chi connectivity index (χ3n) is 9.53. The van der Waals surface area contributed by atoms with Gasteiger partial charge in [-0.2, -0.15) is 0 Å². The first kappa shape index (κ1) is 31.6. The molecule has 0 bridgehead atoms. The fourth-order valence-electron chi connectivity index (χ4n) is 6.86. The maximum Gasteiger partial charge on any atom is 0.407 e. The zero-order valence-electron chi connectivity index (χ0n) is 27.4. The van der Waals surface area contributed by atoms with Crippen LogP contribution in [-0.2, 0) is 9.53 Å². The molecule has 2 aliphatic heterocycles. The van der Waals surface area contributed by atoms with Crippen LogP contribution in [0.5, 0.6) is 0 Å². The van der Waals surface area contributed by atoms with E-state index < -0.39 is 24.3 Å². The number of benzene rings is 3. The third kappa shape index (κ3) is 6.31. The van der Waals surface area contributed by atoms with Gasteiger partial charge in [0, 0.05) is 18.5 Å². The Morgan fingerprint density at radius 2 is 1.52 bits per heavy atom. The predicted octanol–water partition coefficient (Wildman–Crippen LogP) is 5.73. The summed E-state index contributed by atoms with van der Waals surface area (Å²) in [6.45, 7) is 4.91. The summed E-state index contributed by atoms with van der Waals surface area (Å²) in [5.41, 5.74) is 6.14. The zero-order chi connectivity index (χ0) is 33.4. The topological polar surface area (TPSA) is 148 Å². The maximum absolute atomic E-state index is 13.5. The van der Waals surface area contributed by atoms with Crippen molar-refractivity contribution in [2.45, 2.75) is 57.3 Å². The monoisotopic (exact) mass is 647 g/mol. The van der Waals surface area contributed by atoms with Gasteiger partial charge in [-0.05, 0) is 64.9 Å². The number of H-pyrrole nitrogens is 2. The number of β-amino-alcohol motifs (C(OH)–C–C–N with tert-alkyl or cyclic N) is 1. The van der Waals surface area contributed by atoms with Gasteiger partial charge < -0.3 is 35.3 Å². The molecule has 7 rings (SSSR count). The van der Waals surface area contributed by atoms with Crippen LogP contribution in [0.25, 0.3) is 44.4 Å². The molecule has 2 fully saturated rings. The summed E-state index contributed by atoms with van der Waals surface area (Å²) in [6.07, 6.45) is 4.96. The standard InChI is InChI=1S/C37H41N7O4/c1-21(2)33(43-37(47)48-3)36(46)44-20-28(45)17-32(44)35-40-18-30(42-35)23-8-6-22(7-9-23)24-10-11-26-16-27(13-12-25(26)15-24)31-19-39-34(41-31)29-5-4-14-38-29/h6-13,15-16,18-19,21,28-29,32-33,38,45H,4-5,14,17,20H2,1-3H3,(H,39,41)(H,40,42)(H,43,47). The van der Waals surface area contributed by atoms with Gasteiger partial charge in [0.1, 0.15) is 17.7 Å². The smallest absolute Gasteiger partial charge is 0.407 e. The number of hydrogen-bond donors (Lipinski definition) is 5. The number of aromatic amines is 2. The normalized spacial score (nSPS) is 20.0. The van der Waals surface area contributed by atoms with E-state index in [2.05, 4.69) is 91.2 Å². The number of likely N-dealkylation sites (tertiary alicyclic amines) is 1. The lowest BCUT2D eigenvalue weighted by Gasteiger charge is -2.29. The van der Waals surface area contributed by atoms with E-state index >= 15 is 0 Å². The molecule has 11 heteroatoms. The molecular formula is C37H41N7O4. The number of fused-ring (bicyclic) bond motifs is 1. The van der Waals surface area contributed by atoms with Crippen molar-refractivity contribution in [3.05, 3.63) is 84.7 Å². The Balaban J connectivity index is 1.06. The highest BCUT2D eigenvalue weighted by Gasteiger charge is 2.41. The number of methoxy groups -OCH3 is 1. The first-order valence-electron chi connectivity index (χ1n) is 16.6. The number of aliphatic hydroxyl groups is 1. The molecule has 2 aromatic heterocycles. The van der Waals surface area contributed by atoms with Gasteiger partial charge in [0.25, 0.3) is 0 Å². The second kappa shape index (κ2) is 13.2. The van der Waals surface area contributed by atoms with Gasteiger partial charge >= 0.3 is 6.09 Å². The number of ether oxygens (including phenoxy) is 1. The fraction of sp³-hybridized carbons (Fsp3) is 0.351. The molecule has 5 aromatic rings. The summed E-state index contributed by atoms with van der Waals surface area (Å²) in [5, 5.41) is 19.0. The van der Waals surface area contributed by atoms with Crippen LogP contribution in [0, 0.1) is 5.92 Å². The number of carbonyl (C=O) groups excluding carboxylic acids is 2. The van der Waals surface area contributed by atoms with Crippen molar-refractivity contribution in [3.8, 4) is 33.6 Å². The number of alkyl carbamates (subject to hydrolysis) is 1. The number of imidazole rings is 2. The van der Waals surface area contributed by atoms with E-state index in [-0.39, 0.29) is 18.4 Å². The molecule has 0 saturated carbocycles. The van der Waals surface area contributed by atoms with Gasteiger partial charge in [0.05, 0.1) is 49.1 Å². The van der Waals surface area contributed by atoms with Gasteiger partial charge in [-0.25, -0.2) is 14.8 Å². The average Bonchev–Trinajstić information content (AvgIpc) is 3.93. The molecule has 48 heavy (non-hydrogen) atoms. The molecule has 248 valence electrons. The van der Waals surface area contributed by atoms with E-state index in [9.17, 15) is 14.7 Å². The summed E-state index contributed by atoms with van der Waals surface area (Å²) >= 11 is 0. The van der Waals surface area contributed by atoms with Gasteiger partial charge in [0.2, 0.25) is 5.91 Å². The minimum Gasteiger partial charge on any atom is -0.453 e. The number of nitrogens with one attached hydrogen (secondary N) is 4. The van der Waals surface area contributed by atoms with E-state index in [1.807, 2.05) is 20.0 Å².